The molecular formula is C9H11N5S. The summed E-state index contributed by atoms with van der Waals surface area (Å²) < 4.78 is 0. The van der Waals surface area contributed by atoms with Gasteiger partial charge in [0.05, 0.1) is 17.2 Å². The van der Waals surface area contributed by atoms with E-state index in [2.05, 4.69) is 15.4 Å². The molecule has 0 aliphatic heterocycles. The molecule has 0 bridgehead atoms. The molecule has 0 aliphatic carbocycles. The van der Waals surface area contributed by atoms with Gasteiger partial charge in [0.2, 0.25) is 0 Å². The molecule has 0 radical (unpaired) electrons. The summed E-state index contributed by atoms with van der Waals surface area (Å²) in [5.41, 5.74) is 11.9. The summed E-state index contributed by atoms with van der Waals surface area (Å²) in [6, 6.07) is 3.50. The van der Waals surface area contributed by atoms with E-state index in [1.165, 1.54) is 11.3 Å². The summed E-state index contributed by atoms with van der Waals surface area (Å²) >= 11 is 1.52. The quantitative estimate of drug-likeness (QED) is 0.523. The van der Waals surface area contributed by atoms with Crippen molar-refractivity contribution in [1.29, 1.82) is 0 Å². The summed E-state index contributed by atoms with van der Waals surface area (Å²) in [5, 5.41) is 1.93. The van der Waals surface area contributed by atoms with Crippen molar-refractivity contribution in [3.63, 3.8) is 0 Å². The van der Waals surface area contributed by atoms with Crippen LogP contribution in [0.5, 0.6) is 0 Å². The first-order valence-electron chi connectivity index (χ1n) is 4.37. The molecule has 1 unspecified atom stereocenters. The molecule has 1 atom stereocenters. The molecule has 0 amide bonds. The number of thiazole rings is 1. The van der Waals surface area contributed by atoms with E-state index < -0.39 is 0 Å². The van der Waals surface area contributed by atoms with E-state index in [0.717, 1.165) is 11.3 Å². The lowest BCUT2D eigenvalue weighted by molar-refractivity contribution is 0.624. The predicted octanol–water partition coefficient (Wildman–Crippen LogP) is 0.673. The van der Waals surface area contributed by atoms with Gasteiger partial charge in [0.25, 0.3) is 0 Å². The molecule has 5 nitrogen and oxygen atoms in total. The maximum absolute atomic E-state index is 5.77. The van der Waals surface area contributed by atoms with Crippen LogP contribution in [0.2, 0.25) is 0 Å². The molecular weight excluding hydrogens is 210 g/mol. The number of nitrogens with zero attached hydrogens (tertiary/aromatic N) is 2. The molecule has 5 N–H and O–H groups in total. The number of aromatic nitrogens is 2. The highest BCUT2D eigenvalue weighted by molar-refractivity contribution is 7.07. The van der Waals surface area contributed by atoms with Gasteiger partial charge < -0.3 is 5.73 Å². The summed E-state index contributed by atoms with van der Waals surface area (Å²) in [7, 11) is 0. The fraction of sp³-hybridized carbons (Fsp3) is 0.111. The number of nitrogens with one attached hydrogen (secondary N) is 1. The average molecular weight is 221 g/mol. The van der Waals surface area contributed by atoms with Crippen LogP contribution in [0.1, 0.15) is 17.3 Å². The molecule has 2 aromatic heterocycles. The van der Waals surface area contributed by atoms with E-state index in [4.69, 9.17) is 11.6 Å². The number of hydrazine groups is 1. The second kappa shape index (κ2) is 4.35. The highest BCUT2D eigenvalue weighted by atomic mass is 32.1. The number of nitrogen functional groups attached to an aromatic ring is 1. The van der Waals surface area contributed by atoms with Crippen LogP contribution in [0.4, 0.5) is 5.82 Å². The van der Waals surface area contributed by atoms with Crippen molar-refractivity contribution < 1.29 is 0 Å². The Labute approximate surface area is 91.1 Å². The first-order valence-corrected chi connectivity index (χ1v) is 5.32. The van der Waals surface area contributed by atoms with Crippen LogP contribution in [-0.2, 0) is 0 Å². The van der Waals surface area contributed by atoms with Crippen LogP contribution in [0.15, 0.2) is 29.2 Å². The molecule has 0 spiro atoms. The van der Waals surface area contributed by atoms with Crippen molar-refractivity contribution in [3.8, 4) is 0 Å². The van der Waals surface area contributed by atoms with Gasteiger partial charge in [-0.05, 0) is 6.07 Å². The average Bonchev–Trinajstić information content (AvgIpc) is 2.75. The van der Waals surface area contributed by atoms with E-state index in [0.29, 0.717) is 5.82 Å². The maximum Gasteiger partial charge on any atom is 0.128 e. The summed E-state index contributed by atoms with van der Waals surface area (Å²) in [5.74, 6) is 5.96. The largest absolute Gasteiger partial charge is 0.383 e. The Kier molecular flexibility index (Phi) is 2.91. The van der Waals surface area contributed by atoms with Crippen LogP contribution in [0.25, 0.3) is 0 Å². The van der Waals surface area contributed by atoms with Crippen LogP contribution >= 0.6 is 11.3 Å². The molecule has 2 aromatic rings. The van der Waals surface area contributed by atoms with Crippen molar-refractivity contribution in [2.45, 2.75) is 6.04 Å². The van der Waals surface area contributed by atoms with Crippen LogP contribution < -0.4 is 17.0 Å². The van der Waals surface area contributed by atoms with E-state index in [1.54, 1.807) is 11.7 Å². The lowest BCUT2D eigenvalue weighted by atomic mass is 10.1. The second-order valence-corrected chi connectivity index (χ2v) is 3.71. The van der Waals surface area contributed by atoms with E-state index in [9.17, 15) is 0 Å². The molecule has 0 aliphatic rings. The zero-order chi connectivity index (χ0) is 10.7. The van der Waals surface area contributed by atoms with Gasteiger partial charge in [-0.3, -0.25) is 5.84 Å². The normalized spacial score (nSPS) is 12.6. The van der Waals surface area contributed by atoms with Crippen molar-refractivity contribution in [1.82, 2.24) is 15.4 Å². The number of anilines is 1. The smallest absolute Gasteiger partial charge is 0.128 e. The molecule has 0 fully saturated rings. The van der Waals surface area contributed by atoms with Gasteiger partial charge in [0, 0.05) is 17.1 Å². The van der Waals surface area contributed by atoms with Crippen molar-refractivity contribution in [2.75, 3.05) is 5.73 Å². The van der Waals surface area contributed by atoms with Gasteiger partial charge in [-0.15, -0.1) is 11.3 Å². The summed E-state index contributed by atoms with van der Waals surface area (Å²) in [6.07, 6.45) is 1.65. The van der Waals surface area contributed by atoms with E-state index >= 15 is 0 Å². The molecule has 0 saturated heterocycles. The second-order valence-electron chi connectivity index (χ2n) is 2.99. The Bertz CT molecular complexity index is 428. The minimum absolute atomic E-state index is 0.204. The Morgan fingerprint density at radius 2 is 2.27 bits per heavy atom. The molecule has 15 heavy (non-hydrogen) atoms. The number of pyridine rings is 1. The van der Waals surface area contributed by atoms with Gasteiger partial charge >= 0.3 is 0 Å². The standard InChI is InChI=1S/C9H11N5S/c10-9-6(2-1-3-12-9)8(14-11)7-4-15-5-13-7/h1-5,8,14H,11H2,(H2,10,12). The van der Waals surface area contributed by atoms with E-state index in [-0.39, 0.29) is 6.04 Å². The van der Waals surface area contributed by atoms with Crippen LogP contribution in [0, 0.1) is 0 Å². The molecule has 0 aromatic carbocycles. The number of nitrogens with two attached hydrogens (primary N) is 2. The number of hydrogen-bond donors (Lipinski definition) is 3. The van der Waals surface area contributed by atoms with Crippen LogP contribution in [-0.4, -0.2) is 9.97 Å². The van der Waals surface area contributed by atoms with Gasteiger partial charge in [0.15, 0.2) is 0 Å². The third-order valence-electron chi connectivity index (χ3n) is 2.10. The topological polar surface area (TPSA) is 89.8 Å². The summed E-state index contributed by atoms with van der Waals surface area (Å²) in [4.78, 5) is 8.21. The fourth-order valence-electron chi connectivity index (χ4n) is 1.37. The van der Waals surface area contributed by atoms with E-state index in [1.807, 2.05) is 17.5 Å². The molecule has 78 valence electrons. The maximum atomic E-state index is 5.77. The first-order chi connectivity index (χ1) is 7.33. The van der Waals surface area contributed by atoms with Gasteiger partial charge in [-0.25, -0.2) is 15.4 Å². The van der Waals surface area contributed by atoms with Gasteiger partial charge in [-0.2, -0.15) is 0 Å². The molecule has 2 heterocycles. The Hall–Kier alpha value is -1.50. The van der Waals surface area contributed by atoms with Gasteiger partial charge in [-0.1, -0.05) is 6.07 Å². The zero-order valence-corrected chi connectivity index (χ0v) is 8.74. The zero-order valence-electron chi connectivity index (χ0n) is 7.92. The lowest BCUT2D eigenvalue weighted by Crippen LogP contribution is -2.29. The minimum Gasteiger partial charge on any atom is -0.383 e. The predicted molar refractivity (Wildman–Crippen MR) is 59.9 cm³/mol. The fourth-order valence-corrected chi connectivity index (χ4v) is 1.95. The lowest BCUT2D eigenvalue weighted by Gasteiger charge is -2.14. The SMILES string of the molecule is NNC(c1cscn1)c1cccnc1N. The highest BCUT2D eigenvalue weighted by Crippen LogP contribution is 2.24. The Morgan fingerprint density at radius 1 is 1.40 bits per heavy atom. The molecule has 0 saturated carbocycles. The summed E-state index contributed by atoms with van der Waals surface area (Å²) in [6.45, 7) is 0. The Morgan fingerprint density at radius 3 is 2.87 bits per heavy atom. The molecule has 6 heteroatoms. The third kappa shape index (κ3) is 1.96. The van der Waals surface area contributed by atoms with Gasteiger partial charge in [0.1, 0.15) is 5.82 Å². The van der Waals surface area contributed by atoms with Crippen molar-refractivity contribution in [2.24, 2.45) is 5.84 Å². The number of hydrogen-bond acceptors (Lipinski definition) is 6. The highest BCUT2D eigenvalue weighted by Gasteiger charge is 2.16. The first kappa shape index (κ1) is 10.0. The molecule has 2 rings (SSSR count). The third-order valence-corrected chi connectivity index (χ3v) is 2.70. The Balaban J connectivity index is 2.40. The van der Waals surface area contributed by atoms with Crippen molar-refractivity contribution in [3.05, 3.63) is 40.5 Å². The monoisotopic (exact) mass is 221 g/mol. The van der Waals surface area contributed by atoms with Crippen molar-refractivity contribution >= 4 is 17.2 Å². The van der Waals surface area contributed by atoms with Crippen LogP contribution in [0.3, 0.4) is 0 Å². The minimum atomic E-state index is -0.204. The number of rotatable bonds is 3.